The highest BCUT2D eigenvalue weighted by molar-refractivity contribution is 5.85. The Morgan fingerprint density at radius 1 is 0.594 bits per heavy atom. The average Bonchev–Trinajstić information content (AvgIpc) is 3.58. The zero-order valence-electron chi connectivity index (χ0n) is 19.0. The molecule has 4 aliphatic carbocycles. The van der Waals surface area contributed by atoms with Gasteiger partial charge < -0.3 is 18.9 Å². The van der Waals surface area contributed by atoms with Crippen molar-refractivity contribution < 1.29 is 38.1 Å². The maximum atomic E-state index is 11.9. The van der Waals surface area contributed by atoms with Crippen LogP contribution in [0.15, 0.2) is 24.3 Å². The molecule has 8 atom stereocenters. The van der Waals surface area contributed by atoms with Crippen LogP contribution in [0.4, 0.5) is 0 Å². The molecule has 4 rings (SSSR count). The maximum absolute atomic E-state index is 11.9. The lowest BCUT2D eigenvalue weighted by atomic mass is 9.83. The van der Waals surface area contributed by atoms with Crippen LogP contribution in [0.5, 0.6) is 0 Å². The summed E-state index contributed by atoms with van der Waals surface area (Å²) in [5.41, 5.74) is 0. The second kappa shape index (κ2) is 10.3. The number of hydrogen-bond acceptors (Lipinski definition) is 8. The Bertz CT molecular complexity index is 738. The molecule has 8 unspecified atom stereocenters. The standard InChI is InChI=1S/C13H18O4.C11H14O4/c1-3-16-12(14)10-8-5-6-9(7-8)11(10)13(15)17-4-2;1-14-10(12)8-6-3-4-7(5-6)9(8)11(13)15-2/h5-6,8-11H,3-4,7H2,1-2H3;3-4,6-9H,5H2,1-2H3. The Morgan fingerprint density at radius 2 is 0.875 bits per heavy atom. The molecule has 0 aliphatic heterocycles. The summed E-state index contributed by atoms with van der Waals surface area (Å²) in [5.74, 6) is -1.93. The van der Waals surface area contributed by atoms with Gasteiger partial charge in [-0.05, 0) is 50.4 Å². The molecular formula is C24H32O8. The van der Waals surface area contributed by atoms with Crippen LogP contribution in [-0.2, 0) is 38.1 Å². The van der Waals surface area contributed by atoms with E-state index in [0.717, 1.165) is 12.8 Å². The van der Waals surface area contributed by atoms with Crippen molar-refractivity contribution in [1.29, 1.82) is 0 Å². The van der Waals surface area contributed by atoms with Gasteiger partial charge in [0.25, 0.3) is 0 Å². The minimum absolute atomic E-state index is 0.145. The fourth-order valence-electron chi connectivity index (χ4n) is 5.68. The highest BCUT2D eigenvalue weighted by Gasteiger charge is 2.53. The van der Waals surface area contributed by atoms with Crippen LogP contribution in [-0.4, -0.2) is 51.3 Å². The highest BCUT2D eigenvalue weighted by Crippen LogP contribution is 2.49. The number of allylic oxidation sites excluding steroid dienone is 4. The van der Waals surface area contributed by atoms with E-state index in [0.29, 0.717) is 13.2 Å². The van der Waals surface area contributed by atoms with Gasteiger partial charge in [0.2, 0.25) is 0 Å². The first-order valence-corrected chi connectivity index (χ1v) is 11.2. The quantitative estimate of drug-likeness (QED) is 0.346. The van der Waals surface area contributed by atoms with Crippen molar-refractivity contribution in [2.75, 3.05) is 27.4 Å². The Kier molecular flexibility index (Phi) is 7.74. The van der Waals surface area contributed by atoms with Crippen LogP contribution in [0.1, 0.15) is 26.7 Å². The smallest absolute Gasteiger partial charge is 0.310 e. The molecule has 8 heteroatoms. The molecule has 0 aromatic carbocycles. The molecule has 8 nitrogen and oxygen atoms in total. The molecule has 2 saturated carbocycles. The van der Waals surface area contributed by atoms with Gasteiger partial charge in [-0.15, -0.1) is 0 Å². The van der Waals surface area contributed by atoms with Gasteiger partial charge in [-0.25, -0.2) is 0 Å². The molecule has 2 fully saturated rings. The van der Waals surface area contributed by atoms with Crippen molar-refractivity contribution in [2.24, 2.45) is 47.3 Å². The van der Waals surface area contributed by atoms with Crippen molar-refractivity contribution in [1.82, 2.24) is 0 Å². The Morgan fingerprint density at radius 3 is 1.12 bits per heavy atom. The van der Waals surface area contributed by atoms with Crippen molar-refractivity contribution in [3.05, 3.63) is 24.3 Å². The van der Waals surface area contributed by atoms with E-state index >= 15 is 0 Å². The minimum Gasteiger partial charge on any atom is -0.469 e. The summed E-state index contributed by atoms with van der Waals surface area (Å²) in [6, 6.07) is 0. The fraction of sp³-hybridized carbons (Fsp3) is 0.667. The Balaban J connectivity index is 0.000000182. The molecule has 0 radical (unpaired) electrons. The third-order valence-corrected chi connectivity index (χ3v) is 6.98. The van der Waals surface area contributed by atoms with Gasteiger partial charge in [-0.2, -0.15) is 0 Å². The first kappa shape index (κ1) is 24.0. The van der Waals surface area contributed by atoms with E-state index in [9.17, 15) is 19.2 Å². The number of esters is 4. The first-order valence-electron chi connectivity index (χ1n) is 11.2. The summed E-state index contributed by atoms with van der Waals surface area (Å²) in [6.07, 6.45) is 9.80. The number of methoxy groups -OCH3 is 2. The van der Waals surface area contributed by atoms with E-state index in [-0.39, 0.29) is 71.2 Å². The van der Waals surface area contributed by atoms with Gasteiger partial charge in [-0.1, -0.05) is 24.3 Å². The highest BCUT2D eigenvalue weighted by atomic mass is 16.5. The summed E-state index contributed by atoms with van der Waals surface area (Å²) < 4.78 is 19.6. The third kappa shape index (κ3) is 4.45. The summed E-state index contributed by atoms with van der Waals surface area (Å²) in [5, 5.41) is 0. The van der Waals surface area contributed by atoms with Gasteiger partial charge in [0, 0.05) is 0 Å². The Hall–Kier alpha value is -2.64. The van der Waals surface area contributed by atoms with Crippen LogP contribution in [0.3, 0.4) is 0 Å². The van der Waals surface area contributed by atoms with Crippen molar-refractivity contribution in [3.63, 3.8) is 0 Å². The van der Waals surface area contributed by atoms with Gasteiger partial charge in [0.1, 0.15) is 0 Å². The molecule has 0 aromatic rings. The normalized spacial score (nSPS) is 35.1. The van der Waals surface area contributed by atoms with E-state index < -0.39 is 0 Å². The predicted octanol–water partition coefficient (Wildman–Crippen LogP) is 2.32. The molecule has 32 heavy (non-hydrogen) atoms. The summed E-state index contributed by atoms with van der Waals surface area (Å²) >= 11 is 0. The summed E-state index contributed by atoms with van der Waals surface area (Å²) in [6.45, 7) is 4.26. The van der Waals surface area contributed by atoms with Gasteiger partial charge in [-0.3, -0.25) is 19.2 Å². The lowest BCUT2D eigenvalue weighted by Crippen LogP contribution is -2.35. The number of carbonyl (C=O) groups excluding carboxylic acids is 4. The molecular weight excluding hydrogens is 416 g/mol. The van der Waals surface area contributed by atoms with Crippen molar-refractivity contribution in [3.8, 4) is 0 Å². The summed E-state index contributed by atoms with van der Waals surface area (Å²) in [4.78, 5) is 46.9. The number of ether oxygens (including phenoxy) is 4. The van der Waals surface area contributed by atoms with E-state index in [2.05, 4.69) is 0 Å². The van der Waals surface area contributed by atoms with Gasteiger partial charge >= 0.3 is 23.9 Å². The van der Waals surface area contributed by atoms with E-state index in [4.69, 9.17) is 18.9 Å². The summed E-state index contributed by atoms with van der Waals surface area (Å²) in [7, 11) is 2.71. The van der Waals surface area contributed by atoms with Crippen LogP contribution in [0.2, 0.25) is 0 Å². The van der Waals surface area contributed by atoms with Crippen LogP contribution in [0.25, 0.3) is 0 Å². The molecule has 0 heterocycles. The second-order valence-corrected chi connectivity index (χ2v) is 8.55. The van der Waals surface area contributed by atoms with Crippen LogP contribution in [0, 0.1) is 47.3 Å². The topological polar surface area (TPSA) is 105 Å². The van der Waals surface area contributed by atoms with E-state index in [1.807, 2.05) is 24.3 Å². The third-order valence-electron chi connectivity index (χ3n) is 6.98. The molecule has 4 aliphatic rings. The van der Waals surface area contributed by atoms with Crippen LogP contribution < -0.4 is 0 Å². The van der Waals surface area contributed by atoms with Gasteiger partial charge in [0.05, 0.1) is 51.1 Å². The molecule has 0 N–H and O–H groups in total. The first-order chi connectivity index (χ1) is 15.4. The zero-order valence-corrected chi connectivity index (χ0v) is 19.0. The molecule has 4 bridgehead atoms. The largest absolute Gasteiger partial charge is 0.469 e. The average molecular weight is 449 g/mol. The zero-order chi connectivity index (χ0) is 23.4. The molecule has 0 aromatic heterocycles. The monoisotopic (exact) mass is 448 g/mol. The predicted molar refractivity (Wildman–Crippen MR) is 113 cm³/mol. The number of carbonyl (C=O) groups is 4. The lowest BCUT2D eigenvalue weighted by molar-refractivity contribution is -0.160. The van der Waals surface area contributed by atoms with Gasteiger partial charge in [0.15, 0.2) is 0 Å². The Labute approximate surface area is 188 Å². The molecule has 176 valence electrons. The SMILES string of the molecule is CCOC(=O)C1C2C=CC(C2)C1C(=O)OCC.COC(=O)C1C2C=CC(C2)C1C(=O)OC. The fourth-order valence-corrected chi connectivity index (χ4v) is 5.68. The second-order valence-electron chi connectivity index (χ2n) is 8.55. The molecule has 0 saturated heterocycles. The van der Waals surface area contributed by atoms with Crippen molar-refractivity contribution >= 4 is 23.9 Å². The maximum Gasteiger partial charge on any atom is 0.310 e. The number of hydrogen-bond donors (Lipinski definition) is 0. The minimum atomic E-state index is -0.350. The molecule has 0 amide bonds. The van der Waals surface area contributed by atoms with Crippen molar-refractivity contribution in [2.45, 2.75) is 26.7 Å². The van der Waals surface area contributed by atoms with Crippen LogP contribution >= 0.6 is 0 Å². The van der Waals surface area contributed by atoms with E-state index in [1.54, 1.807) is 13.8 Å². The number of fused-ring (bicyclic) bond motifs is 4. The molecule has 0 spiro atoms. The van der Waals surface area contributed by atoms with E-state index in [1.165, 1.54) is 14.2 Å². The lowest BCUT2D eigenvalue weighted by Gasteiger charge is -2.24. The number of rotatable bonds is 6.